The Balaban J connectivity index is 2.63. The molecule has 94 valence electrons. The van der Waals surface area contributed by atoms with E-state index in [4.69, 9.17) is 5.73 Å². The maximum atomic E-state index is 11.3. The fourth-order valence-electron chi connectivity index (χ4n) is 1.67. The minimum Gasteiger partial charge on any atom is -0.384 e. The van der Waals surface area contributed by atoms with Crippen molar-refractivity contribution in [1.82, 2.24) is 0 Å². The molecule has 0 unspecified atom stereocenters. The maximum Gasteiger partial charge on any atom is 0.159 e. The molecule has 0 heterocycles. The van der Waals surface area contributed by atoms with Gasteiger partial charge in [-0.3, -0.25) is 4.79 Å². The van der Waals surface area contributed by atoms with Crippen LogP contribution in [0.3, 0.4) is 0 Å². The Kier molecular flexibility index (Phi) is 4.70. The summed E-state index contributed by atoms with van der Waals surface area (Å²) in [5.41, 5.74) is 7.47. The van der Waals surface area contributed by atoms with E-state index in [1.54, 1.807) is 6.92 Å². The molecule has 0 aliphatic carbocycles. The van der Waals surface area contributed by atoms with Gasteiger partial charge in [-0.2, -0.15) is 0 Å². The van der Waals surface area contributed by atoms with Crippen LogP contribution in [0.15, 0.2) is 24.3 Å². The van der Waals surface area contributed by atoms with Crippen LogP contribution in [0.1, 0.15) is 37.6 Å². The van der Waals surface area contributed by atoms with Crippen LogP contribution in [-0.2, 0) is 0 Å². The van der Waals surface area contributed by atoms with E-state index in [1.165, 1.54) is 0 Å². The van der Waals surface area contributed by atoms with Crippen molar-refractivity contribution in [2.75, 3.05) is 18.4 Å². The lowest BCUT2D eigenvalue weighted by atomic mass is 9.89. The van der Waals surface area contributed by atoms with Gasteiger partial charge in [-0.25, -0.2) is 0 Å². The average Bonchev–Trinajstić information content (AvgIpc) is 2.27. The number of hydrogen-bond donors (Lipinski definition) is 2. The molecule has 1 rings (SSSR count). The predicted molar refractivity (Wildman–Crippen MR) is 72.4 cm³/mol. The molecule has 1 aromatic rings. The van der Waals surface area contributed by atoms with E-state index in [1.807, 2.05) is 24.3 Å². The number of Topliss-reactive ketones (excluding diaryl/α,β-unsaturated/α-hetero) is 1. The lowest BCUT2D eigenvalue weighted by molar-refractivity contribution is 0.101. The number of ketones is 1. The summed E-state index contributed by atoms with van der Waals surface area (Å²) >= 11 is 0. The van der Waals surface area contributed by atoms with E-state index < -0.39 is 0 Å². The summed E-state index contributed by atoms with van der Waals surface area (Å²) in [6, 6.07) is 7.60. The van der Waals surface area contributed by atoms with Gasteiger partial charge in [0, 0.05) is 17.8 Å². The van der Waals surface area contributed by atoms with Crippen LogP contribution < -0.4 is 11.1 Å². The Labute approximate surface area is 103 Å². The molecule has 0 spiro atoms. The topological polar surface area (TPSA) is 55.1 Å². The highest BCUT2D eigenvalue weighted by Crippen LogP contribution is 2.20. The van der Waals surface area contributed by atoms with Crippen LogP contribution in [-0.4, -0.2) is 18.9 Å². The van der Waals surface area contributed by atoms with Gasteiger partial charge < -0.3 is 11.1 Å². The highest BCUT2D eigenvalue weighted by molar-refractivity contribution is 5.94. The number of hydrogen-bond acceptors (Lipinski definition) is 3. The van der Waals surface area contributed by atoms with E-state index >= 15 is 0 Å². The normalized spacial score (nSPS) is 11.3. The fraction of sp³-hybridized carbons (Fsp3) is 0.500. The summed E-state index contributed by atoms with van der Waals surface area (Å²) in [6.45, 7) is 7.49. The minimum absolute atomic E-state index is 0.0925. The zero-order chi connectivity index (χ0) is 12.9. The van der Waals surface area contributed by atoms with Gasteiger partial charge in [0.05, 0.1) is 0 Å². The highest BCUT2D eigenvalue weighted by Gasteiger charge is 2.16. The predicted octanol–water partition coefficient (Wildman–Crippen LogP) is 2.68. The molecule has 3 heteroatoms. The third-order valence-corrected chi connectivity index (χ3v) is 2.86. The summed E-state index contributed by atoms with van der Waals surface area (Å²) in [6.07, 6.45) is 0.979. The quantitative estimate of drug-likeness (QED) is 0.744. The Morgan fingerprint density at radius 3 is 2.71 bits per heavy atom. The van der Waals surface area contributed by atoms with Crippen molar-refractivity contribution in [3.05, 3.63) is 29.8 Å². The van der Waals surface area contributed by atoms with Crippen molar-refractivity contribution in [2.45, 2.75) is 27.2 Å². The number of carbonyl (C=O) groups excluding carboxylic acids is 1. The largest absolute Gasteiger partial charge is 0.384 e. The van der Waals surface area contributed by atoms with E-state index in [0.717, 1.165) is 24.2 Å². The zero-order valence-electron chi connectivity index (χ0n) is 10.9. The average molecular weight is 234 g/mol. The standard InChI is InChI=1S/C14H22N2O/c1-11(17)12-5-4-6-13(9-12)16-10-14(2,3)7-8-15/h4-6,9,16H,7-8,10,15H2,1-3H3. The van der Waals surface area contributed by atoms with Crippen LogP contribution in [0, 0.1) is 5.41 Å². The molecule has 0 aromatic heterocycles. The van der Waals surface area contributed by atoms with Crippen LogP contribution in [0.25, 0.3) is 0 Å². The summed E-state index contributed by atoms with van der Waals surface area (Å²) in [7, 11) is 0. The molecular formula is C14H22N2O. The van der Waals surface area contributed by atoms with Crippen LogP contribution in [0.4, 0.5) is 5.69 Å². The SMILES string of the molecule is CC(=O)c1cccc(NCC(C)(C)CCN)c1. The molecule has 0 saturated carbocycles. The molecule has 0 radical (unpaired) electrons. The Morgan fingerprint density at radius 2 is 2.12 bits per heavy atom. The molecule has 0 bridgehead atoms. The van der Waals surface area contributed by atoms with Crippen LogP contribution >= 0.6 is 0 Å². The molecule has 0 atom stereocenters. The Hall–Kier alpha value is -1.35. The van der Waals surface area contributed by atoms with E-state index in [-0.39, 0.29) is 11.2 Å². The maximum absolute atomic E-state index is 11.3. The molecule has 0 fully saturated rings. The molecule has 0 saturated heterocycles. The van der Waals surface area contributed by atoms with Crippen molar-refractivity contribution < 1.29 is 4.79 Å². The van der Waals surface area contributed by atoms with Gasteiger partial charge in [0.15, 0.2) is 5.78 Å². The molecule has 3 N–H and O–H groups in total. The summed E-state index contributed by atoms with van der Waals surface area (Å²) in [5, 5.41) is 3.36. The first-order valence-corrected chi connectivity index (χ1v) is 5.99. The van der Waals surface area contributed by atoms with Crippen molar-refractivity contribution >= 4 is 11.5 Å². The zero-order valence-corrected chi connectivity index (χ0v) is 10.9. The molecule has 1 aromatic carbocycles. The van der Waals surface area contributed by atoms with Gasteiger partial charge in [-0.15, -0.1) is 0 Å². The fourth-order valence-corrected chi connectivity index (χ4v) is 1.67. The van der Waals surface area contributed by atoms with Crippen molar-refractivity contribution in [3.8, 4) is 0 Å². The number of nitrogens with one attached hydrogen (secondary N) is 1. The third-order valence-electron chi connectivity index (χ3n) is 2.86. The van der Waals surface area contributed by atoms with Gasteiger partial charge in [-0.05, 0) is 37.4 Å². The van der Waals surface area contributed by atoms with Gasteiger partial charge in [0.1, 0.15) is 0 Å². The van der Waals surface area contributed by atoms with Crippen molar-refractivity contribution in [1.29, 1.82) is 0 Å². The summed E-state index contributed by atoms with van der Waals surface area (Å²) in [4.78, 5) is 11.3. The molecular weight excluding hydrogens is 212 g/mol. The van der Waals surface area contributed by atoms with E-state index in [9.17, 15) is 4.79 Å². The minimum atomic E-state index is 0.0925. The van der Waals surface area contributed by atoms with Gasteiger partial charge in [0.2, 0.25) is 0 Å². The smallest absolute Gasteiger partial charge is 0.159 e. The molecule has 0 amide bonds. The second kappa shape index (κ2) is 5.82. The van der Waals surface area contributed by atoms with Crippen molar-refractivity contribution in [3.63, 3.8) is 0 Å². The molecule has 0 aliphatic rings. The number of rotatable bonds is 6. The molecule has 0 aliphatic heterocycles. The van der Waals surface area contributed by atoms with Gasteiger partial charge >= 0.3 is 0 Å². The first-order valence-electron chi connectivity index (χ1n) is 5.99. The Bertz CT molecular complexity index is 386. The third kappa shape index (κ3) is 4.57. The first kappa shape index (κ1) is 13.7. The lowest BCUT2D eigenvalue weighted by Crippen LogP contribution is -2.26. The van der Waals surface area contributed by atoms with Crippen LogP contribution in [0.5, 0.6) is 0 Å². The second-order valence-electron chi connectivity index (χ2n) is 5.19. The summed E-state index contributed by atoms with van der Waals surface area (Å²) in [5.74, 6) is 0.0925. The van der Waals surface area contributed by atoms with E-state index in [0.29, 0.717) is 6.54 Å². The highest BCUT2D eigenvalue weighted by atomic mass is 16.1. The first-order chi connectivity index (χ1) is 7.94. The molecule has 17 heavy (non-hydrogen) atoms. The van der Waals surface area contributed by atoms with Crippen LogP contribution in [0.2, 0.25) is 0 Å². The van der Waals surface area contributed by atoms with Gasteiger partial charge in [0.25, 0.3) is 0 Å². The summed E-state index contributed by atoms with van der Waals surface area (Å²) < 4.78 is 0. The number of nitrogens with two attached hydrogens (primary N) is 1. The number of carbonyl (C=O) groups is 1. The number of anilines is 1. The Morgan fingerprint density at radius 1 is 1.41 bits per heavy atom. The second-order valence-corrected chi connectivity index (χ2v) is 5.19. The van der Waals surface area contributed by atoms with Crippen molar-refractivity contribution in [2.24, 2.45) is 11.1 Å². The monoisotopic (exact) mass is 234 g/mol. The molecule has 3 nitrogen and oxygen atoms in total. The van der Waals surface area contributed by atoms with Gasteiger partial charge in [-0.1, -0.05) is 26.0 Å². The van der Waals surface area contributed by atoms with E-state index in [2.05, 4.69) is 19.2 Å². The lowest BCUT2D eigenvalue weighted by Gasteiger charge is -2.24. The number of benzene rings is 1.